The van der Waals surface area contributed by atoms with Crippen LogP contribution in [0.3, 0.4) is 0 Å². The number of fused-ring (bicyclic) bond motifs is 1. The molecule has 3 rings (SSSR count). The summed E-state index contributed by atoms with van der Waals surface area (Å²) in [5, 5.41) is 4.95. The molecule has 2 aromatic heterocycles. The summed E-state index contributed by atoms with van der Waals surface area (Å²) in [6.45, 7) is 6.71. The highest BCUT2D eigenvalue weighted by atomic mass is 32.1. The van der Waals surface area contributed by atoms with E-state index in [0.29, 0.717) is 6.04 Å². The number of hydrogen-bond donors (Lipinski definition) is 1. The standard InChI is InChI=1S/C16H23N3S/c1-10-7-5-4-6-8-13(10)19-15-14-11(2)12(3)20-16(14)18-9-17-15/h9-10,13H,4-8H2,1-3H3,(H,17,18,19). The summed E-state index contributed by atoms with van der Waals surface area (Å²) in [6, 6.07) is 0.551. The molecule has 2 heterocycles. The molecule has 2 unspecified atom stereocenters. The highest BCUT2D eigenvalue weighted by molar-refractivity contribution is 7.18. The van der Waals surface area contributed by atoms with Crippen molar-refractivity contribution >= 4 is 27.4 Å². The van der Waals surface area contributed by atoms with Gasteiger partial charge in [0.05, 0.1) is 5.39 Å². The molecule has 1 aliphatic carbocycles. The Bertz CT molecular complexity index is 605. The van der Waals surface area contributed by atoms with Gasteiger partial charge >= 0.3 is 0 Å². The number of anilines is 1. The molecule has 2 aromatic rings. The lowest BCUT2D eigenvalue weighted by Gasteiger charge is -2.23. The van der Waals surface area contributed by atoms with Crippen molar-refractivity contribution in [2.24, 2.45) is 5.92 Å². The summed E-state index contributed by atoms with van der Waals surface area (Å²) < 4.78 is 0. The fraction of sp³-hybridized carbons (Fsp3) is 0.625. The Labute approximate surface area is 124 Å². The molecule has 2 atom stereocenters. The molecule has 0 amide bonds. The number of nitrogens with zero attached hydrogens (tertiary/aromatic N) is 2. The van der Waals surface area contributed by atoms with Gasteiger partial charge in [-0.15, -0.1) is 11.3 Å². The van der Waals surface area contributed by atoms with E-state index < -0.39 is 0 Å². The minimum Gasteiger partial charge on any atom is -0.366 e. The van der Waals surface area contributed by atoms with Crippen LogP contribution >= 0.6 is 11.3 Å². The average Bonchev–Trinajstić information content (AvgIpc) is 2.60. The van der Waals surface area contributed by atoms with E-state index in [9.17, 15) is 0 Å². The number of aryl methyl sites for hydroxylation is 2. The fourth-order valence-corrected chi connectivity index (χ4v) is 4.17. The molecular weight excluding hydrogens is 266 g/mol. The van der Waals surface area contributed by atoms with Gasteiger partial charge in [-0.25, -0.2) is 9.97 Å². The van der Waals surface area contributed by atoms with Crippen LogP contribution in [0.25, 0.3) is 10.2 Å². The summed E-state index contributed by atoms with van der Waals surface area (Å²) in [6.07, 6.45) is 8.36. The number of hydrogen-bond acceptors (Lipinski definition) is 4. The van der Waals surface area contributed by atoms with Crippen molar-refractivity contribution in [2.75, 3.05) is 5.32 Å². The van der Waals surface area contributed by atoms with Crippen LogP contribution in [0.1, 0.15) is 49.5 Å². The van der Waals surface area contributed by atoms with Gasteiger partial charge in [-0.1, -0.05) is 26.2 Å². The van der Waals surface area contributed by atoms with Gasteiger partial charge in [-0.2, -0.15) is 0 Å². The maximum absolute atomic E-state index is 4.52. The third kappa shape index (κ3) is 2.53. The smallest absolute Gasteiger partial charge is 0.138 e. The lowest BCUT2D eigenvalue weighted by Crippen LogP contribution is -2.26. The second-order valence-corrected chi connectivity index (χ2v) is 7.25. The van der Waals surface area contributed by atoms with E-state index in [0.717, 1.165) is 16.6 Å². The zero-order chi connectivity index (χ0) is 14.1. The molecule has 108 valence electrons. The monoisotopic (exact) mass is 289 g/mol. The Balaban J connectivity index is 1.93. The Morgan fingerprint density at radius 1 is 1.15 bits per heavy atom. The van der Waals surface area contributed by atoms with E-state index in [1.54, 1.807) is 17.7 Å². The number of aromatic nitrogens is 2. The van der Waals surface area contributed by atoms with Gasteiger partial charge < -0.3 is 5.32 Å². The van der Waals surface area contributed by atoms with E-state index in [2.05, 4.69) is 36.1 Å². The molecule has 0 radical (unpaired) electrons. The maximum Gasteiger partial charge on any atom is 0.138 e. The first-order valence-electron chi connectivity index (χ1n) is 7.64. The molecule has 0 spiro atoms. The van der Waals surface area contributed by atoms with Gasteiger partial charge in [0.1, 0.15) is 17.0 Å². The summed E-state index contributed by atoms with van der Waals surface area (Å²) in [4.78, 5) is 11.4. The highest BCUT2D eigenvalue weighted by Gasteiger charge is 2.21. The quantitative estimate of drug-likeness (QED) is 0.815. The van der Waals surface area contributed by atoms with Crippen molar-refractivity contribution in [3.8, 4) is 0 Å². The summed E-state index contributed by atoms with van der Waals surface area (Å²) in [5.74, 6) is 1.76. The van der Waals surface area contributed by atoms with Gasteiger partial charge in [0.15, 0.2) is 0 Å². The number of thiophene rings is 1. The van der Waals surface area contributed by atoms with Gasteiger partial charge in [0.25, 0.3) is 0 Å². The van der Waals surface area contributed by atoms with Crippen LogP contribution in [-0.4, -0.2) is 16.0 Å². The second kappa shape index (κ2) is 5.68. The number of rotatable bonds is 2. The molecule has 1 aliphatic rings. The zero-order valence-corrected chi connectivity index (χ0v) is 13.4. The highest BCUT2D eigenvalue weighted by Crippen LogP contribution is 2.34. The van der Waals surface area contributed by atoms with E-state index in [4.69, 9.17) is 0 Å². The Kier molecular flexibility index (Phi) is 3.92. The summed E-state index contributed by atoms with van der Waals surface area (Å²) >= 11 is 1.77. The Morgan fingerprint density at radius 3 is 2.80 bits per heavy atom. The van der Waals surface area contributed by atoms with E-state index in [1.807, 2.05) is 0 Å². The molecule has 0 aliphatic heterocycles. The van der Waals surface area contributed by atoms with Gasteiger partial charge in [0.2, 0.25) is 0 Å². The molecular formula is C16H23N3S. The van der Waals surface area contributed by atoms with Crippen molar-refractivity contribution in [1.29, 1.82) is 0 Å². The molecule has 0 bridgehead atoms. The molecule has 1 fully saturated rings. The first-order chi connectivity index (χ1) is 9.66. The zero-order valence-electron chi connectivity index (χ0n) is 12.6. The SMILES string of the molecule is Cc1sc2ncnc(NC3CCCCCC3C)c2c1C. The van der Waals surface area contributed by atoms with Crippen LogP contribution in [0.2, 0.25) is 0 Å². The van der Waals surface area contributed by atoms with Crippen LogP contribution in [0, 0.1) is 19.8 Å². The topological polar surface area (TPSA) is 37.8 Å². The van der Waals surface area contributed by atoms with Crippen molar-refractivity contribution < 1.29 is 0 Å². The summed E-state index contributed by atoms with van der Waals surface area (Å²) in [5.41, 5.74) is 1.33. The second-order valence-electron chi connectivity index (χ2n) is 6.05. The molecule has 20 heavy (non-hydrogen) atoms. The molecule has 3 nitrogen and oxygen atoms in total. The molecule has 0 aromatic carbocycles. The summed E-state index contributed by atoms with van der Waals surface area (Å²) in [7, 11) is 0. The van der Waals surface area contributed by atoms with Crippen molar-refractivity contribution in [3.63, 3.8) is 0 Å². The van der Waals surface area contributed by atoms with E-state index in [-0.39, 0.29) is 0 Å². The van der Waals surface area contributed by atoms with Gasteiger partial charge in [-0.3, -0.25) is 0 Å². The molecule has 4 heteroatoms. The van der Waals surface area contributed by atoms with Crippen LogP contribution in [0.5, 0.6) is 0 Å². The third-order valence-electron chi connectivity index (χ3n) is 4.65. The van der Waals surface area contributed by atoms with Crippen molar-refractivity contribution in [3.05, 3.63) is 16.8 Å². The van der Waals surface area contributed by atoms with E-state index >= 15 is 0 Å². The lowest BCUT2D eigenvalue weighted by molar-refractivity contribution is 0.456. The minimum atomic E-state index is 0.551. The molecule has 1 saturated carbocycles. The average molecular weight is 289 g/mol. The Morgan fingerprint density at radius 2 is 1.95 bits per heavy atom. The largest absolute Gasteiger partial charge is 0.366 e. The number of nitrogens with one attached hydrogen (secondary N) is 1. The van der Waals surface area contributed by atoms with Crippen molar-refractivity contribution in [2.45, 2.75) is 58.9 Å². The van der Waals surface area contributed by atoms with Crippen LogP contribution in [-0.2, 0) is 0 Å². The predicted molar refractivity (Wildman–Crippen MR) is 86.5 cm³/mol. The maximum atomic E-state index is 4.52. The normalized spacial score (nSPS) is 23.8. The first kappa shape index (κ1) is 13.8. The van der Waals surface area contributed by atoms with E-state index in [1.165, 1.54) is 47.9 Å². The third-order valence-corrected chi connectivity index (χ3v) is 5.76. The molecule has 1 N–H and O–H groups in total. The van der Waals surface area contributed by atoms with Crippen LogP contribution < -0.4 is 5.32 Å². The predicted octanol–water partition coefficient (Wildman–Crippen LogP) is 4.69. The Hall–Kier alpha value is -1.16. The fourth-order valence-electron chi connectivity index (χ4n) is 3.17. The van der Waals surface area contributed by atoms with Crippen molar-refractivity contribution in [1.82, 2.24) is 9.97 Å². The first-order valence-corrected chi connectivity index (χ1v) is 8.45. The van der Waals surface area contributed by atoms with Gasteiger partial charge in [-0.05, 0) is 38.2 Å². The van der Waals surface area contributed by atoms with Crippen LogP contribution in [0.4, 0.5) is 5.82 Å². The minimum absolute atomic E-state index is 0.551. The molecule has 0 saturated heterocycles. The lowest BCUT2D eigenvalue weighted by atomic mass is 9.97. The van der Waals surface area contributed by atoms with Gasteiger partial charge in [0, 0.05) is 10.9 Å². The van der Waals surface area contributed by atoms with Crippen LogP contribution in [0.15, 0.2) is 6.33 Å².